The Morgan fingerprint density at radius 2 is 1.84 bits per heavy atom. The Labute approximate surface area is 150 Å². The largest absolute Gasteiger partial charge is 0.444 e. The lowest BCUT2D eigenvalue weighted by Gasteiger charge is -2.24. The summed E-state index contributed by atoms with van der Waals surface area (Å²) < 4.78 is 35.1. The average molecular weight is 369 g/mol. The zero-order chi connectivity index (χ0) is 18.7. The highest BCUT2D eigenvalue weighted by Gasteiger charge is 2.31. The molecule has 1 N–H and O–H groups in total. The first-order valence-electron chi connectivity index (χ1n) is 8.52. The summed E-state index contributed by atoms with van der Waals surface area (Å²) >= 11 is 0. The molecular formula is C18H27NO5S. The van der Waals surface area contributed by atoms with Crippen molar-refractivity contribution in [1.82, 2.24) is 5.32 Å². The SMILES string of the molecule is Cc1ccc(S(=O)(=O)OCC2CCCC2NC(=O)OC(C)(C)C)cc1. The van der Waals surface area contributed by atoms with Crippen LogP contribution >= 0.6 is 0 Å². The van der Waals surface area contributed by atoms with E-state index in [1.165, 1.54) is 12.1 Å². The van der Waals surface area contributed by atoms with Gasteiger partial charge in [-0.25, -0.2) is 4.79 Å². The summed E-state index contributed by atoms with van der Waals surface area (Å²) in [6, 6.07) is 6.41. The molecule has 0 aromatic heterocycles. The highest BCUT2D eigenvalue weighted by Crippen LogP contribution is 2.27. The normalized spacial score (nSPS) is 21.1. The van der Waals surface area contributed by atoms with E-state index in [1.54, 1.807) is 32.9 Å². The maximum Gasteiger partial charge on any atom is 0.407 e. The molecule has 1 aliphatic carbocycles. The highest BCUT2D eigenvalue weighted by atomic mass is 32.2. The molecule has 1 aromatic rings. The molecule has 1 fully saturated rings. The van der Waals surface area contributed by atoms with Crippen molar-refractivity contribution in [2.45, 2.75) is 63.5 Å². The van der Waals surface area contributed by atoms with Crippen molar-refractivity contribution in [3.05, 3.63) is 29.8 Å². The van der Waals surface area contributed by atoms with Crippen LogP contribution in [-0.4, -0.2) is 32.8 Å². The molecule has 2 rings (SSSR count). The van der Waals surface area contributed by atoms with Crippen molar-refractivity contribution in [3.63, 3.8) is 0 Å². The summed E-state index contributed by atoms with van der Waals surface area (Å²) in [7, 11) is -3.79. The van der Waals surface area contributed by atoms with Crippen LogP contribution in [0.15, 0.2) is 29.2 Å². The van der Waals surface area contributed by atoms with Gasteiger partial charge in [0.05, 0.1) is 11.5 Å². The van der Waals surface area contributed by atoms with Gasteiger partial charge in [0, 0.05) is 12.0 Å². The lowest BCUT2D eigenvalue weighted by atomic mass is 10.1. The fourth-order valence-corrected chi connectivity index (χ4v) is 3.79. The number of benzene rings is 1. The van der Waals surface area contributed by atoms with Gasteiger partial charge in [-0.15, -0.1) is 0 Å². The third-order valence-corrected chi connectivity index (χ3v) is 5.40. The molecule has 7 heteroatoms. The average Bonchev–Trinajstić information content (AvgIpc) is 2.91. The van der Waals surface area contributed by atoms with Crippen LogP contribution in [0.5, 0.6) is 0 Å². The van der Waals surface area contributed by atoms with Gasteiger partial charge >= 0.3 is 6.09 Å². The number of carbonyl (C=O) groups is 1. The van der Waals surface area contributed by atoms with Gasteiger partial charge in [0.25, 0.3) is 10.1 Å². The Balaban J connectivity index is 1.92. The Bertz CT molecular complexity index is 691. The van der Waals surface area contributed by atoms with Crippen molar-refractivity contribution in [1.29, 1.82) is 0 Å². The molecule has 0 radical (unpaired) electrons. The zero-order valence-corrected chi connectivity index (χ0v) is 16.1. The van der Waals surface area contributed by atoms with Crippen LogP contribution in [0.4, 0.5) is 4.79 Å². The highest BCUT2D eigenvalue weighted by molar-refractivity contribution is 7.86. The van der Waals surface area contributed by atoms with E-state index in [0.29, 0.717) is 0 Å². The van der Waals surface area contributed by atoms with E-state index in [2.05, 4.69) is 5.32 Å². The number of alkyl carbamates (subject to hydrolysis) is 1. The number of rotatable bonds is 5. The number of hydrogen-bond acceptors (Lipinski definition) is 5. The molecule has 1 aliphatic rings. The first-order valence-corrected chi connectivity index (χ1v) is 9.93. The molecule has 1 aromatic carbocycles. The molecule has 0 spiro atoms. The second kappa shape index (κ2) is 7.74. The minimum absolute atomic E-state index is 0.0484. The number of nitrogens with one attached hydrogen (secondary N) is 1. The molecule has 2 atom stereocenters. The summed E-state index contributed by atoms with van der Waals surface area (Å²) in [6.07, 6.45) is 2.03. The van der Waals surface area contributed by atoms with Gasteiger partial charge in [-0.05, 0) is 52.7 Å². The van der Waals surface area contributed by atoms with Gasteiger partial charge in [-0.2, -0.15) is 8.42 Å². The smallest absolute Gasteiger partial charge is 0.407 e. The fourth-order valence-electron chi connectivity index (χ4n) is 2.84. The van der Waals surface area contributed by atoms with Crippen LogP contribution in [0.25, 0.3) is 0 Å². The molecule has 0 aliphatic heterocycles. The molecule has 6 nitrogen and oxygen atoms in total. The van der Waals surface area contributed by atoms with Gasteiger partial charge in [-0.1, -0.05) is 24.1 Å². The monoisotopic (exact) mass is 369 g/mol. The molecule has 0 heterocycles. The van der Waals surface area contributed by atoms with Crippen LogP contribution < -0.4 is 5.32 Å². The number of hydrogen-bond donors (Lipinski definition) is 1. The van der Waals surface area contributed by atoms with Crippen LogP contribution in [0.3, 0.4) is 0 Å². The summed E-state index contributed by atoms with van der Waals surface area (Å²) in [5, 5.41) is 2.83. The van der Waals surface area contributed by atoms with E-state index >= 15 is 0 Å². The van der Waals surface area contributed by atoms with E-state index in [-0.39, 0.29) is 23.5 Å². The molecule has 0 saturated heterocycles. The van der Waals surface area contributed by atoms with E-state index < -0.39 is 21.8 Å². The maximum absolute atomic E-state index is 12.3. The fraction of sp³-hybridized carbons (Fsp3) is 0.611. The minimum Gasteiger partial charge on any atom is -0.444 e. The summed E-state index contributed by atoms with van der Waals surface area (Å²) in [6.45, 7) is 7.35. The van der Waals surface area contributed by atoms with E-state index in [9.17, 15) is 13.2 Å². The Morgan fingerprint density at radius 1 is 1.20 bits per heavy atom. The first kappa shape index (κ1) is 19.7. The zero-order valence-electron chi connectivity index (χ0n) is 15.2. The van der Waals surface area contributed by atoms with Crippen LogP contribution in [0.2, 0.25) is 0 Å². The third-order valence-electron chi connectivity index (χ3n) is 4.11. The Kier molecular flexibility index (Phi) is 6.11. The third kappa shape index (κ3) is 6.01. The van der Waals surface area contributed by atoms with E-state index in [1.807, 2.05) is 6.92 Å². The number of aryl methyl sites for hydroxylation is 1. The quantitative estimate of drug-likeness (QED) is 0.805. The van der Waals surface area contributed by atoms with Crippen molar-refractivity contribution in [2.75, 3.05) is 6.61 Å². The first-order chi connectivity index (χ1) is 11.6. The van der Waals surface area contributed by atoms with Gasteiger partial charge in [0.15, 0.2) is 0 Å². The molecular weight excluding hydrogens is 342 g/mol. The lowest BCUT2D eigenvalue weighted by Crippen LogP contribution is -2.42. The van der Waals surface area contributed by atoms with Gasteiger partial charge < -0.3 is 10.1 Å². The van der Waals surface area contributed by atoms with Gasteiger partial charge in [0.2, 0.25) is 0 Å². The van der Waals surface area contributed by atoms with Crippen molar-refractivity contribution in [2.24, 2.45) is 5.92 Å². The molecule has 25 heavy (non-hydrogen) atoms. The van der Waals surface area contributed by atoms with E-state index in [0.717, 1.165) is 24.8 Å². The minimum atomic E-state index is -3.79. The van der Waals surface area contributed by atoms with Crippen LogP contribution in [0, 0.1) is 12.8 Å². The molecule has 140 valence electrons. The van der Waals surface area contributed by atoms with E-state index in [4.69, 9.17) is 8.92 Å². The predicted molar refractivity (Wildman–Crippen MR) is 94.8 cm³/mol. The molecule has 2 unspecified atom stereocenters. The van der Waals surface area contributed by atoms with Crippen LogP contribution in [0.1, 0.15) is 45.6 Å². The predicted octanol–water partition coefficient (Wildman–Crippen LogP) is 3.39. The second-order valence-corrected chi connectivity index (χ2v) is 9.11. The van der Waals surface area contributed by atoms with Gasteiger partial charge in [-0.3, -0.25) is 4.18 Å². The van der Waals surface area contributed by atoms with Crippen LogP contribution in [-0.2, 0) is 19.0 Å². The molecule has 1 amide bonds. The lowest BCUT2D eigenvalue weighted by molar-refractivity contribution is 0.0486. The second-order valence-electron chi connectivity index (χ2n) is 7.50. The number of amides is 1. The maximum atomic E-state index is 12.3. The Hall–Kier alpha value is -1.60. The molecule has 1 saturated carbocycles. The Morgan fingerprint density at radius 3 is 2.44 bits per heavy atom. The standard InChI is InChI=1S/C18H27NO5S/c1-13-8-10-15(11-9-13)25(21,22)23-12-14-6-5-7-16(14)19-17(20)24-18(2,3)4/h8-11,14,16H,5-7,12H2,1-4H3,(H,19,20). The van der Waals surface area contributed by atoms with Crippen molar-refractivity contribution < 1.29 is 22.1 Å². The summed E-state index contributed by atoms with van der Waals surface area (Å²) in [4.78, 5) is 12.1. The summed E-state index contributed by atoms with van der Waals surface area (Å²) in [5.74, 6) is -0.0484. The topological polar surface area (TPSA) is 81.7 Å². The summed E-state index contributed by atoms with van der Waals surface area (Å²) in [5.41, 5.74) is 0.417. The number of carbonyl (C=O) groups excluding carboxylic acids is 1. The van der Waals surface area contributed by atoms with Gasteiger partial charge in [0.1, 0.15) is 5.60 Å². The molecule has 0 bridgehead atoms. The van der Waals surface area contributed by atoms with Crippen molar-refractivity contribution >= 4 is 16.2 Å². The van der Waals surface area contributed by atoms with Crippen molar-refractivity contribution in [3.8, 4) is 0 Å². The number of ether oxygens (including phenoxy) is 1.